The van der Waals surface area contributed by atoms with Gasteiger partial charge >= 0.3 is 0 Å². The van der Waals surface area contributed by atoms with Crippen LogP contribution in [-0.4, -0.2) is 59.1 Å². The van der Waals surface area contributed by atoms with Crippen LogP contribution in [0.3, 0.4) is 0 Å². The van der Waals surface area contributed by atoms with E-state index in [1.807, 2.05) is 12.4 Å². The molecule has 0 N–H and O–H groups in total. The van der Waals surface area contributed by atoms with Gasteiger partial charge in [-0.05, 0) is 39.8 Å². The molecule has 1 aliphatic heterocycles. The van der Waals surface area contributed by atoms with Gasteiger partial charge in [0.15, 0.2) is 5.82 Å². The van der Waals surface area contributed by atoms with E-state index in [4.69, 9.17) is 4.74 Å². The van der Waals surface area contributed by atoms with Crippen molar-refractivity contribution >= 4 is 0 Å². The molecule has 0 bridgehead atoms. The lowest BCUT2D eigenvalue weighted by molar-refractivity contribution is 0.169. The number of ether oxygens (including phenoxy) is 1. The van der Waals surface area contributed by atoms with Crippen molar-refractivity contribution in [2.75, 3.05) is 33.3 Å². The Labute approximate surface area is 141 Å². The first-order chi connectivity index (χ1) is 11.2. The molecule has 0 aromatic carbocycles. The van der Waals surface area contributed by atoms with Gasteiger partial charge in [0.05, 0.1) is 0 Å². The van der Waals surface area contributed by atoms with E-state index < -0.39 is 0 Å². The third-order valence-electron chi connectivity index (χ3n) is 4.55. The fraction of sp³-hybridized carbons (Fsp3) is 0.778. The molecule has 0 atom stereocenters. The number of aromatic nitrogens is 2. The van der Waals surface area contributed by atoms with E-state index in [1.54, 1.807) is 7.11 Å². The van der Waals surface area contributed by atoms with Crippen LogP contribution in [0.25, 0.3) is 0 Å². The predicted octanol–water partition coefficient (Wildman–Crippen LogP) is 2.71. The van der Waals surface area contributed by atoms with E-state index in [2.05, 4.69) is 33.6 Å². The summed E-state index contributed by atoms with van der Waals surface area (Å²) in [5, 5.41) is 0. The maximum atomic E-state index is 5.06. The molecular weight excluding hydrogens is 288 g/mol. The first kappa shape index (κ1) is 18.3. The molecule has 0 radical (unpaired) electrons. The van der Waals surface area contributed by atoms with Gasteiger partial charge in [0.2, 0.25) is 0 Å². The zero-order chi connectivity index (χ0) is 16.5. The summed E-state index contributed by atoms with van der Waals surface area (Å²) in [6.07, 6.45) is 9.38. The van der Waals surface area contributed by atoms with Gasteiger partial charge in [0.1, 0.15) is 6.61 Å². The lowest BCUT2D eigenvalue weighted by Gasteiger charge is -2.29. The molecule has 1 aliphatic rings. The number of rotatable bonds is 8. The van der Waals surface area contributed by atoms with Crippen LogP contribution in [0, 0.1) is 0 Å². The Morgan fingerprint density at radius 2 is 1.78 bits per heavy atom. The maximum absolute atomic E-state index is 5.06. The van der Waals surface area contributed by atoms with Crippen molar-refractivity contribution < 1.29 is 4.74 Å². The Balaban J connectivity index is 1.85. The predicted molar refractivity (Wildman–Crippen MR) is 93.2 cm³/mol. The Hall–Kier alpha value is -1.04. The lowest BCUT2D eigenvalue weighted by atomic mass is 10.2. The van der Waals surface area contributed by atoms with Crippen LogP contribution in [0.2, 0.25) is 0 Å². The number of nitrogens with zero attached hydrogens (tertiary/aromatic N) is 4. The van der Waals surface area contributed by atoms with Gasteiger partial charge in [-0.25, -0.2) is 9.97 Å². The molecule has 1 aromatic heterocycles. The summed E-state index contributed by atoms with van der Waals surface area (Å²) in [5.74, 6) is 0.747. The Bertz CT molecular complexity index is 427. The Kier molecular flexibility index (Phi) is 7.92. The lowest BCUT2D eigenvalue weighted by Crippen LogP contribution is -2.38. The minimum atomic E-state index is 0.475. The van der Waals surface area contributed by atoms with Crippen LogP contribution in [0.15, 0.2) is 12.4 Å². The molecule has 2 rings (SSSR count). The Morgan fingerprint density at radius 1 is 1.13 bits per heavy atom. The fourth-order valence-corrected chi connectivity index (χ4v) is 3.05. The van der Waals surface area contributed by atoms with Gasteiger partial charge in [-0.1, -0.05) is 12.8 Å². The molecule has 1 fully saturated rings. The van der Waals surface area contributed by atoms with Gasteiger partial charge in [-0.15, -0.1) is 0 Å². The minimum Gasteiger partial charge on any atom is -0.377 e. The van der Waals surface area contributed by atoms with E-state index in [9.17, 15) is 0 Å². The molecule has 23 heavy (non-hydrogen) atoms. The van der Waals surface area contributed by atoms with Crippen molar-refractivity contribution in [1.82, 2.24) is 19.8 Å². The molecule has 0 amide bonds. The summed E-state index contributed by atoms with van der Waals surface area (Å²) in [5.41, 5.74) is 1.18. The van der Waals surface area contributed by atoms with Crippen molar-refractivity contribution in [3.05, 3.63) is 23.8 Å². The molecule has 0 spiro atoms. The minimum absolute atomic E-state index is 0.475. The molecular formula is C18H32N4O. The summed E-state index contributed by atoms with van der Waals surface area (Å²) in [4.78, 5) is 13.9. The first-order valence-corrected chi connectivity index (χ1v) is 8.94. The second kappa shape index (κ2) is 9.96. The van der Waals surface area contributed by atoms with Crippen LogP contribution in [0.4, 0.5) is 0 Å². The van der Waals surface area contributed by atoms with E-state index >= 15 is 0 Å². The van der Waals surface area contributed by atoms with Crippen LogP contribution < -0.4 is 0 Å². The highest BCUT2D eigenvalue weighted by molar-refractivity contribution is 5.05. The molecule has 1 aromatic rings. The second-order valence-electron chi connectivity index (χ2n) is 6.76. The molecule has 0 aliphatic carbocycles. The third kappa shape index (κ3) is 6.53. The van der Waals surface area contributed by atoms with Crippen LogP contribution in [0.5, 0.6) is 0 Å². The van der Waals surface area contributed by atoms with Gasteiger partial charge in [0.25, 0.3) is 0 Å². The van der Waals surface area contributed by atoms with Gasteiger partial charge in [-0.2, -0.15) is 0 Å². The quantitative estimate of drug-likeness (QED) is 0.737. The van der Waals surface area contributed by atoms with E-state index in [0.717, 1.165) is 18.9 Å². The molecule has 0 saturated carbocycles. The van der Waals surface area contributed by atoms with Crippen molar-refractivity contribution in [1.29, 1.82) is 0 Å². The Morgan fingerprint density at radius 3 is 2.35 bits per heavy atom. The number of likely N-dealkylation sites (tertiary alicyclic amines) is 1. The van der Waals surface area contributed by atoms with Gasteiger partial charge < -0.3 is 9.64 Å². The van der Waals surface area contributed by atoms with Crippen LogP contribution >= 0.6 is 0 Å². The smallest absolute Gasteiger partial charge is 0.153 e. The molecule has 130 valence electrons. The van der Waals surface area contributed by atoms with E-state index in [1.165, 1.54) is 50.9 Å². The zero-order valence-electron chi connectivity index (χ0n) is 15.0. The van der Waals surface area contributed by atoms with Crippen molar-refractivity contribution in [2.45, 2.75) is 58.7 Å². The van der Waals surface area contributed by atoms with Crippen LogP contribution in [0.1, 0.15) is 50.9 Å². The second-order valence-corrected chi connectivity index (χ2v) is 6.76. The van der Waals surface area contributed by atoms with Gasteiger partial charge in [-0.3, -0.25) is 4.90 Å². The number of methoxy groups -OCH3 is 1. The molecule has 5 nitrogen and oxygen atoms in total. The highest BCUT2D eigenvalue weighted by Crippen LogP contribution is 2.11. The number of hydrogen-bond donors (Lipinski definition) is 0. The van der Waals surface area contributed by atoms with E-state index in [0.29, 0.717) is 12.6 Å². The van der Waals surface area contributed by atoms with Crippen LogP contribution in [-0.2, 0) is 17.9 Å². The molecule has 1 saturated heterocycles. The highest BCUT2D eigenvalue weighted by Gasteiger charge is 2.14. The average molecular weight is 320 g/mol. The van der Waals surface area contributed by atoms with Crippen molar-refractivity contribution in [2.24, 2.45) is 0 Å². The summed E-state index contributed by atoms with van der Waals surface area (Å²) in [6, 6.07) is 0.528. The monoisotopic (exact) mass is 320 g/mol. The normalized spacial score (nSPS) is 16.9. The summed E-state index contributed by atoms with van der Waals surface area (Å²) in [6.45, 7) is 10.7. The maximum Gasteiger partial charge on any atom is 0.153 e. The SMILES string of the molecule is COCc1ncc(CN(CCN2CCCCCC2)C(C)C)cn1. The van der Waals surface area contributed by atoms with Crippen molar-refractivity contribution in [3.8, 4) is 0 Å². The zero-order valence-corrected chi connectivity index (χ0v) is 15.0. The molecule has 2 heterocycles. The average Bonchev–Trinajstić information content (AvgIpc) is 2.82. The number of hydrogen-bond acceptors (Lipinski definition) is 5. The van der Waals surface area contributed by atoms with Crippen molar-refractivity contribution in [3.63, 3.8) is 0 Å². The first-order valence-electron chi connectivity index (χ1n) is 8.94. The third-order valence-corrected chi connectivity index (χ3v) is 4.55. The van der Waals surface area contributed by atoms with E-state index in [-0.39, 0.29) is 0 Å². The topological polar surface area (TPSA) is 41.5 Å². The summed E-state index contributed by atoms with van der Waals surface area (Å²) in [7, 11) is 1.67. The molecule has 5 heteroatoms. The fourth-order valence-electron chi connectivity index (χ4n) is 3.05. The largest absolute Gasteiger partial charge is 0.377 e. The standard InChI is InChI=1S/C18H32N4O/c1-16(2)22(11-10-21-8-6-4-5-7-9-21)14-17-12-19-18(15-23-3)20-13-17/h12-13,16H,4-11,14-15H2,1-3H3. The highest BCUT2D eigenvalue weighted by atomic mass is 16.5. The summed E-state index contributed by atoms with van der Waals surface area (Å²) >= 11 is 0. The van der Waals surface area contributed by atoms with Gasteiger partial charge in [0, 0.05) is 50.7 Å². The summed E-state index contributed by atoms with van der Waals surface area (Å²) < 4.78 is 5.06. The molecule has 0 unspecified atom stereocenters.